The highest BCUT2D eigenvalue weighted by atomic mass is 16.6. The van der Waals surface area contributed by atoms with Gasteiger partial charge in [0.05, 0.1) is 4.92 Å². The molecule has 0 saturated carbocycles. The number of hydrogen-bond acceptors (Lipinski definition) is 3. The van der Waals surface area contributed by atoms with Gasteiger partial charge in [0, 0.05) is 31.1 Å². The van der Waals surface area contributed by atoms with Gasteiger partial charge in [-0.2, -0.15) is 0 Å². The van der Waals surface area contributed by atoms with Crippen LogP contribution in [0.2, 0.25) is 0 Å². The minimum atomic E-state index is -0.361. The molecule has 0 heterocycles. The predicted octanol–water partition coefficient (Wildman–Crippen LogP) is 2.02. The Kier molecular flexibility index (Phi) is 4.49. The van der Waals surface area contributed by atoms with E-state index in [1.165, 1.54) is 6.07 Å². The molecule has 0 bridgehead atoms. The number of nitrogens with zero attached hydrogens (tertiary/aromatic N) is 1. The summed E-state index contributed by atoms with van der Waals surface area (Å²) in [4.78, 5) is 10.3. The molecule has 0 aliphatic carbocycles. The van der Waals surface area contributed by atoms with E-state index in [-0.39, 0.29) is 10.6 Å². The maximum Gasteiger partial charge on any atom is 0.272 e. The summed E-state index contributed by atoms with van der Waals surface area (Å²) in [6, 6.07) is 5.09. The fourth-order valence-corrected chi connectivity index (χ4v) is 1.44. The van der Waals surface area contributed by atoms with Gasteiger partial charge in [0.2, 0.25) is 0 Å². The molecule has 0 fully saturated rings. The van der Waals surface area contributed by atoms with Gasteiger partial charge in [-0.15, -0.1) is 12.3 Å². The van der Waals surface area contributed by atoms with Gasteiger partial charge < -0.3 is 5.32 Å². The van der Waals surface area contributed by atoms with E-state index in [0.29, 0.717) is 18.5 Å². The summed E-state index contributed by atoms with van der Waals surface area (Å²) in [5, 5.41) is 13.9. The first kappa shape index (κ1) is 12.2. The monoisotopic (exact) mass is 218 g/mol. The summed E-state index contributed by atoms with van der Waals surface area (Å²) in [5.41, 5.74) is 1.81. The molecule has 0 spiro atoms. The molecule has 0 aliphatic rings. The molecule has 1 N–H and O–H groups in total. The molecule has 0 atom stereocenters. The summed E-state index contributed by atoms with van der Waals surface area (Å²) < 4.78 is 0. The standard InChI is InChI=1S/C12H14N2O2/c1-3-4-8-13-9-11-6-5-7-12(10(11)2)14(15)16/h1,5-7,13H,4,8-9H2,2H3. The van der Waals surface area contributed by atoms with Crippen LogP contribution in [0.1, 0.15) is 17.5 Å². The Morgan fingerprint density at radius 1 is 1.56 bits per heavy atom. The minimum absolute atomic E-state index is 0.163. The van der Waals surface area contributed by atoms with E-state index in [0.717, 1.165) is 12.1 Å². The number of rotatable bonds is 5. The first-order chi connectivity index (χ1) is 7.66. The third-order valence-electron chi connectivity index (χ3n) is 2.38. The fourth-order valence-electron chi connectivity index (χ4n) is 1.44. The zero-order valence-corrected chi connectivity index (χ0v) is 9.19. The van der Waals surface area contributed by atoms with Crippen molar-refractivity contribution in [3.63, 3.8) is 0 Å². The van der Waals surface area contributed by atoms with Crippen molar-refractivity contribution in [2.24, 2.45) is 0 Å². The van der Waals surface area contributed by atoms with Crippen molar-refractivity contribution in [2.45, 2.75) is 19.9 Å². The Morgan fingerprint density at radius 3 is 2.94 bits per heavy atom. The van der Waals surface area contributed by atoms with E-state index in [2.05, 4.69) is 11.2 Å². The average molecular weight is 218 g/mol. The Hall–Kier alpha value is -1.86. The Labute approximate surface area is 94.8 Å². The van der Waals surface area contributed by atoms with E-state index < -0.39 is 0 Å². The zero-order chi connectivity index (χ0) is 12.0. The molecule has 1 aromatic carbocycles. The van der Waals surface area contributed by atoms with Crippen LogP contribution >= 0.6 is 0 Å². The largest absolute Gasteiger partial charge is 0.312 e. The second kappa shape index (κ2) is 5.89. The lowest BCUT2D eigenvalue weighted by Gasteiger charge is -2.06. The van der Waals surface area contributed by atoms with Crippen LogP contribution in [0.25, 0.3) is 0 Å². The Morgan fingerprint density at radius 2 is 2.31 bits per heavy atom. The number of nitrogens with one attached hydrogen (secondary N) is 1. The normalized spacial score (nSPS) is 9.75. The summed E-state index contributed by atoms with van der Waals surface area (Å²) in [5.74, 6) is 2.53. The molecule has 84 valence electrons. The lowest BCUT2D eigenvalue weighted by Crippen LogP contribution is -2.15. The molecule has 0 aliphatic heterocycles. The van der Waals surface area contributed by atoms with Gasteiger partial charge in [-0.25, -0.2) is 0 Å². The average Bonchev–Trinajstić information content (AvgIpc) is 2.26. The first-order valence-corrected chi connectivity index (χ1v) is 5.04. The van der Waals surface area contributed by atoms with Crippen molar-refractivity contribution in [1.29, 1.82) is 0 Å². The molecule has 16 heavy (non-hydrogen) atoms. The summed E-state index contributed by atoms with van der Waals surface area (Å²) in [7, 11) is 0. The number of nitro groups is 1. The Bertz CT molecular complexity index is 422. The lowest BCUT2D eigenvalue weighted by atomic mass is 10.1. The van der Waals surface area contributed by atoms with Gasteiger partial charge in [0.25, 0.3) is 5.69 Å². The van der Waals surface area contributed by atoms with Crippen LogP contribution in [0.4, 0.5) is 5.69 Å². The van der Waals surface area contributed by atoms with Crippen molar-refractivity contribution in [1.82, 2.24) is 5.32 Å². The van der Waals surface area contributed by atoms with Gasteiger partial charge in [0.15, 0.2) is 0 Å². The topological polar surface area (TPSA) is 55.2 Å². The van der Waals surface area contributed by atoms with Crippen LogP contribution in [0.3, 0.4) is 0 Å². The van der Waals surface area contributed by atoms with E-state index >= 15 is 0 Å². The highest BCUT2D eigenvalue weighted by molar-refractivity contribution is 5.44. The second-order valence-corrected chi connectivity index (χ2v) is 3.45. The molecule has 4 heteroatoms. The molecular formula is C12H14N2O2. The van der Waals surface area contributed by atoms with Crippen molar-refractivity contribution in [2.75, 3.05) is 6.54 Å². The van der Waals surface area contributed by atoms with E-state index in [1.54, 1.807) is 13.0 Å². The van der Waals surface area contributed by atoms with Crippen LogP contribution in [0.5, 0.6) is 0 Å². The molecule has 4 nitrogen and oxygen atoms in total. The molecule has 0 aromatic heterocycles. The fraction of sp³-hybridized carbons (Fsp3) is 0.333. The number of hydrogen-bond donors (Lipinski definition) is 1. The van der Waals surface area contributed by atoms with Crippen molar-refractivity contribution in [3.8, 4) is 12.3 Å². The predicted molar refractivity (Wildman–Crippen MR) is 63.0 cm³/mol. The molecule has 0 saturated heterocycles. The third kappa shape index (κ3) is 3.07. The highest BCUT2D eigenvalue weighted by Gasteiger charge is 2.12. The van der Waals surface area contributed by atoms with E-state index in [9.17, 15) is 10.1 Å². The summed E-state index contributed by atoms with van der Waals surface area (Å²) in [6.45, 7) is 3.09. The smallest absolute Gasteiger partial charge is 0.272 e. The highest BCUT2D eigenvalue weighted by Crippen LogP contribution is 2.20. The van der Waals surface area contributed by atoms with Crippen LogP contribution in [-0.4, -0.2) is 11.5 Å². The second-order valence-electron chi connectivity index (χ2n) is 3.45. The van der Waals surface area contributed by atoms with Crippen LogP contribution in [0.15, 0.2) is 18.2 Å². The lowest BCUT2D eigenvalue weighted by molar-refractivity contribution is -0.385. The van der Waals surface area contributed by atoms with E-state index in [1.807, 2.05) is 6.07 Å². The number of nitro benzene ring substituents is 1. The van der Waals surface area contributed by atoms with Crippen LogP contribution in [0, 0.1) is 29.4 Å². The minimum Gasteiger partial charge on any atom is -0.312 e. The van der Waals surface area contributed by atoms with Gasteiger partial charge in [-0.3, -0.25) is 10.1 Å². The maximum absolute atomic E-state index is 10.7. The summed E-state index contributed by atoms with van der Waals surface area (Å²) in [6.07, 6.45) is 5.78. The SMILES string of the molecule is C#CCCNCc1cccc([N+](=O)[O-])c1C. The Balaban J connectivity index is 2.70. The molecular weight excluding hydrogens is 204 g/mol. The first-order valence-electron chi connectivity index (χ1n) is 5.04. The molecule has 0 unspecified atom stereocenters. The van der Waals surface area contributed by atoms with Gasteiger partial charge in [0.1, 0.15) is 0 Å². The quantitative estimate of drug-likeness (QED) is 0.356. The molecule has 0 amide bonds. The van der Waals surface area contributed by atoms with Crippen molar-refractivity contribution < 1.29 is 4.92 Å². The summed E-state index contributed by atoms with van der Waals surface area (Å²) >= 11 is 0. The van der Waals surface area contributed by atoms with Crippen LogP contribution < -0.4 is 5.32 Å². The maximum atomic E-state index is 10.7. The number of benzene rings is 1. The molecule has 1 rings (SSSR count). The van der Waals surface area contributed by atoms with Crippen LogP contribution in [-0.2, 0) is 6.54 Å². The van der Waals surface area contributed by atoms with Gasteiger partial charge in [-0.05, 0) is 12.5 Å². The number of terminal acetylenes is 1. The van der Waals surface area contributed by atoms with Gasteiger partial charge in [-0.1, -0.05) is 12.1 Å². The van der Waals surface area contributed by atoms with Gasteiger partial charge >= 0.3 is 0 Å². The molecule has 1 aromatic rings. The van der Waals surface area contributed by atoms with Crippen molar-refractivity contribution >= 4 is 5.69 Å². The van der Waals surface area contributed by atoms with Crippen molar-refractivity contribution in [3.05, 3.63) is 39.4 Å². The molecule has 0 radical (unpaired) electrons. The zero-order valence-electron chi connectivity index (χ0n) is 9.19. The van der Waals surface area contributed by atoms with E-state index in [4.69, 9.17) is 6.42 Å². The third-order valence-corrected chi connectivity index (χ3v) is 2.38.